The van der Waals surface area contributed by atoms with Gasteiger partial charge in [0.25, 0.3) is 0 Å². The van der Waals surface area contributed by atoms with Gasteiger partial charge >= 0.3 is 0 Å². The molecule has 166 valence electrons. The maximum Gasteiger partial charge on any atom is 0.194 e. The Labute approximate surface area is 196 Å². The lowest BCUT2D eigenvalue weighted by molar-refractivity contribution is 0.281. The zero-order valence-electron chi connectivity index (χ0n) is 18.3. The number of likely N-dealkylation sites (N-methyl/N-ethyl adjacent to an activating group) is 1. The van der Waals surface area contributed by atoms with Gasteiger partial charge in [0.05, 0.1) is 34.4 Å². The molecule has 30 heavy (non-hydrogen) atoms. The Balaban J connectivity index is 0.00000450. The summed E-state index contributed by atoms with van der Waals surface area (Å²) in [6.07, 6.45) is 0. The molecule has 1 N–H and O–H groups in total. The highest BCUT2D eigenvalue weighted by Crippen LogP contribution is 2.34. The fraction of sp³-hybridized carbons (Fsp3) is 0.409. The minimum absolute atomic E-state index is 0. The van der Waals surface area contributed by atoms with Gasteiger partial charge < -0.3 is 29.2 Å². The molecule has 2 aromatic carbocycles. The van der Waals surface area contributed by atoms with E-state index >= 15 is 0 Å². The van der Waals surface area contributed by atoms with E-state index in [0.717, 1.165) is 23.8 Å². The summed E-state index contributed by atoms with van der Waals surface area (Å²) < 4.78 is 22.0. The number of hydrogen-bond donors (Lipinski definition) is 1. The van der Waals surface area contributed by atoms with Gasteiger partial charge in [0, 0.05) is 25.2 Å². The molecule has 0 saturated heterocycles. The van der Waals surface area contributed by atoms with Crippen molar-refractivity contribution >= 4 is 29.9 Å². The first kappa shape index (κ1) is 25.7. The zero-order chi connectivity index (χ0) is 21.1. The van der Waals surface area contributed by atoms with E-state index in [1.54, 1.807) is 21.3 Å². The number of rotatable bonds is 10. The van der Waals surface area contributed by atoms with Gasteiger partial charge in [-0.3, -0.25) is 0 Å². The average Bonchev–Trinajstić information content (AvgIpc) is 2.76. The van der Waals surface area contributed by atoms with Gasteiger partial charge in [-0.1, -0.05) is 18.2 Å². The molecule has 0 radical (unpaired) electrons. The van der Waals surface area contributed by atoms with Gasteiger partial charge in [-0.05, 0) is 25.1 Å². The van der Waals surface area contributed by atoms with E-state index in [0.29, 0.717) is 36.9 Å². The lowest BCUT2D eigenvalue weighted by Gasteiger charge is -2.22. The van der Waals surface area contributed by atoms with Crippen LogP contribution in [-0.2, 0) is 6.54 Å². The highest BCUT2D eigenvalue weighted by molar-refractivity contribution is 14.0. The van der Waals surface area contributed by atoms with E-state index in [1.165, 1.54) is 0 Å². The van der Waals surface area contributed by atoms with Crippen LogP contribution in [0.15, 0.2) is 47.5 Å². The third kappa shape index (κ3) is 7.47. The number of ether oxygens (including phenoxy) is 4. The largest absolute Gasteiger partial charge is 0.496 e. The summed E-state index contributed by atoms with van der Waals surface area (Å²) in [6.45, 7) is 4.51. The smallest absolute Gasteiger partial charge is 0.194 e. The van der Waals surface area contributed by atoms with Crippen molar-refractivity contribution in [3.8, 4) is 23.0 Å². The summed E-state index contributed by atoms with van der Waals surface area (Å²) in [5.74, 6) is 3.63. The van der Waals surface area contributed by atoms with Gasteiger partial charge in [-0.15, -0.1) is 24.0 Å². The van der Waals surface area contributed by atoms with E-state index in [4.69, 9.17) is 23.9 Å². The predicted octanol–water partition coefficient (Wildman–Crippen LogP) is 3.81. The SMILES string of the molecule is CCNC(=NCc1cc(OC)c(OC)cc1OC)N(C)CCOc1ccccc1.I. The molecular formula is C22H32IN3O4. The Hall–Kier alpha value is -2.36. The molecule has 0 spiro atoms. The summed E-state index contributed by atoms with van der Waals surface area (Å²) in [4.78, 5) is 6.79. The molecule has 8 heteroatoms. The van der Waals surface area contributed by atoms with Crippen molar-refractivity contribution in [2.75, 3.05) is 48.1 Å². The predicted molar refractivity (Wildman–Crippen MR) is 131 cm³/mol. The van der Waals surface area contributed by atoms with Gasteiger partial charge in [-0.25, -0.2) is 4.99 Å². The van der Waals surface area contributed by atoms with Crippen molar-refractivity contribution in [2.45, 2.75) is 13.5 Å². The molecule has 0 amide bonds. The second kappa shape index (κ2) is 13.8. The summed E-state index contributed by atoms with van der Waals surface area (Å²) >= 11 is 0. The number of guanidine groups is 1. The lowest BCUT2D eigenvalue weighted by atomic mass is 10.1. The van der Waals surface area contributed by atoms with Gasteiger partial charge in [0.15, 0.2) is 17.5 Å². The minimum atomic E-state index is 0. The van der Waals surface area contributed by atoms with Crippen molar-refractivity contribution in [3.63, 3.8) is 0 Å². The minimum Gasteiger partial charge on any atom is -0.496 e. The van der Waals surface area contributed by atoms with Crippen molar-refractivity contribution in [1.82, 2.24) is 10.2 Å². The van der Waals surface area contributed by atoms with Gasteiger partial charge in [-0.2, -0.15) is 0 Å². The van der Waals surface area contributed by atoms with Crippen LogP contribution in [-0.4, -0.2) is 58.9 Å². The van der Waals surface area contributed by atoms with E-state index in [2.05, 4.69) is 5.32 Å². The third-order valence-electron chi connectivity index (χ3n) is 4.32. The molecule has 2 rings (SSSR count). The van der Waals surface area contributed by atoms with Crippen molar-refractivity contribution in [3.05, 3.63) is 48.0 Å². The molecule has 0 bridgehead atoms. The maximum absolute atomic E-state index is 5.79. The fourth-order valence-electron chi connectivity index (χ4n) is 2.77. The number of halogens is 1. The number of methoxy groups -OCH3 is 3. The first-order valence-electron chi connectivity index (χ1n) is 9.59. The van der Waals surface area contributed by atoms with E-state index in [1.807, 2.05) is 61.3 Å². The highest BCUT2D eigenvalue weighted by Gasteiger charge is 2.13. The first-order valence-corrected chi connectivity index (χ1v) is 9.59. The lowest BCUT2D eigenvalue weighted by Crippen LogP contribution is -2.40. The molecule has 0 aliphatic heterocycles. The van der Waals surface area contributed by atoms with Crippen LogP contribution in [0.1, 0.15) is 12.5 Å². The number of para-hydroxylation sites is 1. The van der Waals surface area contributed by atoms with Crippen LogP contribution >= 0.6 is 24.0 Å². The van der Waals surface area contributed by atoms with Crippen molar-refractivity contribution < 1.29 is 18.9 Å². The van der Waals surface area contributed by atoms with Crippen molar-refractivity contribution in [2.24, 2.45) is 4.99 Å². The standard InChI is InChI=1S/C22H31N3O4.HI/c1-6-23-22(25(2)12-13-29-18-10-8-7-9-11-18)24-16-17-14-20(27-4)21(28-5)15-19(17)26-3;/h7-11,14-15H,6,12-13,16H2,1-5H3,(H,23,24);1H. The second-order valence-electron chi connectivity index (χ2n) is 6.27. The number of aliphatic imine (C=N–C) groups is 1. The van der Waals surface area contributed by atoms with Crippen LogP contribution < -0.4 is 24.3 Å². The molecule has 2 aromatic rings. The van der Waals surface area contributed by atoms with Gasteiger partial charge in [0.1, 0.15) is 18.1 Å². The summed E-state index contributed by atoms with van der Waals surface area (Å²) in [5.41, 5.74) is 0.912. The number of nitrogens with zero attached hydrogens (tertiary/aromatic N) is 2. The number of nitrogens with one attached hydrogen (secondary N) is 1. The van der Waals surface area contributed by atoms with E-state index in [-0.39, 0.29) is 24.0 Å². The fourth-order valence-corrected chi connectivity index (χ4v) is 2.77. The monoisotopic (exact) mass is 529 g/mol. The molecule has 0 aliphatic carbocycles. The first-order chi connectivity index (χ1) is 14.1. The Bertz CT molecular complexity index is 787. The quantitative estimate of drug-likeness (QED) is 0.287. The normalized spacial score (nSPS) is 10.6. The van der Waals surface area contributed by atoms with Crippen LogP contribution in [0.2, 0.25) is 0 Å². The number of benzene rings is 2. The molecule has 0 saturated carbocycles. The van der Waals surface area contributed by atoms with E-state index in [9.17, 15) is 0 Å². The molecule has 0 heterocycles. The van der Waals surface area contributed by atoms with Crippen LogP contribution in [0.25, 0.3) is 0 Å². The molecule has 7 nitrogen and oxygen atoms in total. The summed E-state index contributed by atoms with van der Waals surface area (Å²) in [5, 5.41) is 3.31. The van der Waals surface area contributed by atoms with Crippen LogP contribution in [0.4, 0.5) is 0 Å². The topological polar surface area (TPSA) is 64.6 Å². The third-order valence-corrected chi connectivity index (χ3v) is 4.32. The van der Waals surface area contributed by atoms with Crippen molar-refractivity contribution in [1.29, 1.82) is 0 Å². The second-order valence-corrected chi connectivity index (χ2v) is 6.27. The number of hydrogen-bond acceptors (Lipinski definition) is 5. The highest BCUT2D eigenvalue weighted by atomic mass is 127. The molecule has 0 aliphatic rings. The average molecular weight is 529 g/mol. The maximum atomic E-state index is 5.79. The zero-order valence-corrected chi connectivity index (χ0v) is 20.6. The van der Waals surface area contributed by atoms with Gasteiger partial charge in [0.2, 0.25) is 0 Å². The Morgan fingerprint density at radius 2 is 1.60 bits per heavy atom. The Kier molecular flexibility index (Phi) is 11.8. The van der Waals surface area contributed by atoms with Crippen LogP contribution in [0, 0.1) is 0 Å². The summed E-state index contributed by atoms with van der Waals surface area (Å²) in [6, 6.07) is 13.5. The molecule has 0 aromatic heterocycles. The molecule has 0 unspecified atom stereocenters. The van der Waals surface area contributed by atoms with E-state index < -0.39 is 0 Å². The molecule has 0 fully saturated rings. The summed E-state index contributed by atoms with van der Waals surface area (Å²) in [7, 11) is 6.83. The molecule has 0 atom stereocenters. The Morgan fingerprint density at radius 3 is 2.20 bits per heavy atom. The molecular weight excluding hydrogens is 497 g/mol. The van der Waals surface area contributed by atoms with Crippen LogP contribution in [0.5, 0.6) is 23.0 Å². The Morgan fingerprint density at radius 1 is 0.967 bits per heavy atom. The van der Waals surface area contributed by atoms with Crippen LogP contribution in [0.3, 0.4) is 0 Å².